The van der Waals surface area contributed by atoms with E-state index < -0.39 is 27.9 Å². The second-order valence-electron chi connectivity index (χ2n) is 4.41. The van der Waals surface area contributed by atoms with E-state index in [0.29, 0.717) is 6.42 Å². The summed E-state index contributed by atoms with van der Waals surface area (Å²) in [5, 5.41) is 0. The van der Waals surface area contributed by atoms with Gasteiger partial charge in [-0.2, -0.15) is 0 Å². The molecule has 0 N–H and O–H groups in total. The first-order valence-corrected chi connectivity index (χ1v) is 7.74. The Morgan fingerprint density at radius 3 is 2.44 bits per heavy atom. The zero-order valence-corrected chi connectivity index (χ0v) is 11.7. The monoisotopic (exact) mass is 277 g/mol. The number of sulfone groups is 1. The van der Waals surface area contributed by atoms with Crippen molar-refractivity contribution in [2.75, 3.05) is 18.6 Å². The lowest BCUT2D eigenvalue weighted by Crippen LogP contribution is -2.50. The summed E-state index contributed by atoms with van der Waals surface area (Å²) in [6, 6.07) is -1.17. The molecule has 1 fully saturated rings. The molecule has 1 aliphatic rings. The number of carbonyl (C=O) groups excluding carboxylic acids is 2. The highest BCUT2D eigenvalue weighted by Crippen LogP contribution is 2.21. The fraction of sp³-hybridized carbons (Fsp3) is 0.818. The number of hydrogen-bond donors (Lipinski definition) is 0. The number of amides is 1. The maximum Gasteiger partial charge on any atom is 0.328 e. The van der Waals surface area contributed by atoms with Gasteiger partial charge in [-0.3, -0.25) is 4.79 Å². The molecule has 1 aliphatic heterocycles. The zero-order valence-electron chi connectivity index (χ0n) is 10.9. The molecule has 7 heteroatoms. The topological polar surface area (TPSA) is 80.8 Å². The van der Waals surface area contributed by atoms with E-state index in [2.05, 4.69) is 4.74 Å². The van der Waals surface area contributed by atoms with Crippen LogP contribution in [0.15, 0.2) is 0 Å². The van der Waals surface area contributed by atoms with Crippen molar-refractivity contribution < 1.29 is 22.7 Å². The van der Waals surface area contributed by atoms with Crippen LogP contribution in [0.1, 0.15) is 26.7 Å². The van der Waals surface area contributed by atoms with E-state index >= 15 is 0 Å². The summed E-state index contributed by atoms with van der Waals surface area (Å²) in [7, 11) is -1.85. The maximum absolute atomic E-state index is 11.9. The second-order valence-corrected chi connectivity index (χ2v) is 6.64. The first-order valence-electron chi connectivity index (χ1n) is 5.91. The molecule has 0 aromatic carbocycles. The highest BCUT2D eigenvalue weighted by molar-refractivity contribution is 7.91. The van der Waals surface area contributed by atoms with Gasteiger partial charge >= 0.3 is 5.97 Å². The van der Waals surface area contributed by atoms with Crippen molar-refractivity contribution in [2.24, 2.45) is 0 Å². The van der Waals surface area contributed by atoms with Crippen LogP contribution in [0.25, 0.3) is 0 Å². The van der Waals surface area contributed by atoms with Crippen molar-refractivity contribution in [1.82, 2.24) is 4.90 Å². The minimum absolute atomic E-state index is 0.0685. The van der Waals surface area contributed by atoms with Crippen molar-refractivity contribution in [3.05, 3.63) is 0 Å². The molecular weight excluding hydrogens is 258 g/mol. The first-order chi connectivity index (χ1) is 8.32. The summed E-state index contributed by atoms with van der Waals surface area (Å²) in [4.78, 5) is 24.8. The van der Waals surface area contributed by atoms with Gasteiger partial charge in [0.1, 0.15) is 6.04 Å². The van der Waals surface area contributed by atoms with Gasteiger partial charge in [0.15, 0.2) is 9.84 Å². The molecule has 1 amide bonds. The van der Waals surface area contributed by atoms with E-state index in [4.69, 9.17) is 0 Å². The molecule has 1 rings (SSSR count). The molecule has 0 aliphatic carbocycles. The van der Waals surface area contributed by atoms with Crippen LogP contribution in [0.2, 0.25) is 0 Å². The number of methoxy groups -OCH3 is 1. The number of hydrogen-bond acceptors (Lipinski definition) is 5. The average Bonchev–Trinajstić information content (AvgIpc) is 2.68. The van der Waals surface area contributed by atoms with Gasteiger partial charge < -0.3 is 9.64 Å². The average molecular weight is 277 g/mol. The van der Waals surface area contributed by atoms with Crippen LogP contribution in [0, 0.1) is 0 Å². The van der Waals surface area contributed by atoms with Crippen LogP contribution >= 0.6 is 0 Å². The van der Waals surface area contributed by atoms with Crippen LogP contribution in [-0.4, -0.2) is 55.9 Å². The molecule has 0 bridgehead atoms. The van der Waals surface area contributed by atoms with Gasteiger partial charge in [-0.1, -0.05) is 6.92 Å². The molecule has 0 unspecified atom stereocenters. The van der Waals surface area contributed by atoms with Crippen molar-refractivity contribution in [3.8, 4) is 0 Å². The predicted molar refractivity (Wildman–Crippen MR) is 65.7 cm³/mol. The number of esters is 1. The fourth-order valence-corrected chi connectivity index (χ4v) is 3.91. The van der Waals surface area contributed by atoms with Gasteiger partial charge in [-0.25, -0.2) is 13.2 Å². The number of nitrogens with zero attached hydrogens (tertiary/aromatic N) is 1. The Labute approximate surface area is 107 Å². The summed E-state index contributed by atoms with van der Waals surface area (Å²) in [5.74, 6) is -0.754. The molecule has 18 heavy (non-hydrogen) atoms. The number of carbonyl (C=O) groups is 2. The van der Waals surface area contributed by atoms with Crippen LogP contribution in [-0.2, 0) is 24.2 Å². The lowest BCUT2D eigenvalue weighted by atomic mass is 10.1. The van der Waals surface area contributed by atoms with Crippen LogP contribution in [0.3, 0.4) is 0 Å². The van der Waals surface area contributed by atoms with Crippen molar-refractivity contribution >= 4 is 21.7 Å². The van der Waals surface area contributed by atoms with E-state index in [-0.39, 0.29) is 23.8 Å². The normalized spacial score (nSPS) is 23.4. The zero-order chi connectivity index (χ0) is 13.9. The Kier molecular flexibility index (Phi) is 4.72. The second kappa shape index (κ2) is 5.69. The molecule has 6 nitrogen and oxygen atoms in total. The van der Waals surface area contributed by atoms with Crippen LogP contribution in [0.4, 0.5) is 0 Å². The Morgan fingerprint density at radius 1 is 1.44 bits per heavy atom. The number of rotatable bonds is 4. The van der Waals surface area contributed by atoms with E-state index in [1.165, 1.54) is 12.0 Å². The molecule has 1 heterocycles. The lowest BCUT2D eigenvalue weighted by molar-refractivity contribution is -0.153. The quantitative estimate of drug-likeness (QED) is 0.674. The first kappa shape index (κ1) is 14.9. The lowest BCUT2D eigenvalue weighted by Gasteiger charge is -2.32. The maximum atomic E-state index is 11.9. The van der Waals surface area contributed by atoms with Gasteiger partial charge in [0.2, 0.25) is 5.91 Å². The molecular formula is C11H19NO5S. The number of ether oxygens (including phenoxy) is 1. The predicted octanol–water partition coefficient (Wildman–Crippen LogP) is -0.0264. The molecule has 104 valence electrons. The highest BCUT2D eigenvalue weighted by Gasteiger charge is 2.38. The van der Waals surface area contributed by atoms with Crippen molar-refractivity contribution in [2.45, 2.75) is 38.8 Å². The smallest absolute Gasteiger partial charge is 0.328 e. The minimum atomic E-state index is -3.09. The van der Waals surface area contributed by atoms with E-state index in [1.54, 1.807) is 13.8 Å². The van der Waals surface area contributed by atoms with Gasteiger partial charge in [0, 0.05) is 12.5 Å². The van der Waals surface area contributed by atoms with E-state index in [1.807, 2.05) is 0 Å². The SMILES string of the molecule is CCC(=O)N([C@H]1CCS(=O)(=O)C1)[C@@H](C)C(=O)OC. The third-order valence-electron chi connectivity index (χ3n) is 3.15. The van der Waals surface area contributed by atoms with Gasteiger partial charge in [0.25, 0.3) is 0 Å². The summed E-state index contributed by atoms with van der Waals surface area (Å²) in [5.41, 5.74) is 0. The molecule has 0 radical (unpaired) electrons. The Morgan fingerprint density at radius 2 is 2.06 bits per heavy atom. The third kappa shape index (κ3) is 3.22. The largest absolute Gasteiger partial charge is 0.467 e. The standard InChI is InChI=1S/C11H19NO5S/c1-4-10(13)12(8(2)11(14)17-3)9-5-6-18(15,16)7-9/h8-9H,4-7H2,1-3H3/t8-,9-/m0/s1. The summed E-state index contributed by atoms with van der Waals surface area (Å²) < 4.78 is 27.5. The Hall–Kier alpha value is -1.11. The van der Waals surface area contributed by atoms with Gasteiger partial charge in [-0.05, 0) is 13.3 Å². The summed E-state index contributed by atoms with van der Waals surface area (Å²) >= 11 is 0. The highest BCUT2D eigenvalue weighted by atomic mass is 32.2. The van der Waals surface area contributed by atoms with Gasteiger partial charge in [0.05, 0.1) is 18.6 Å². The van der Waals surface area contributed by atoms with Crippen molar-refractivity contribution in [1.29, 1.82) is 0 Å². The Balaban J connectivity index is 2.93. The molecule has 0 aromatic heterocycles. The minimum Gasteiger partial charge on any atom is -0.467 e. The summed E-state index contributed by atoms with van der Waals surface area (Å²) in [6.45, 7) is 3.24. The Bertz CT molecular complexity index is 431. The van der Waals surface area contributed by atoms with Crippen LogP contribution < -0.4 is 0 Å². The molecule has 2 atom stereocenters. The molecule has 0 saturated carbocycles. The van der Waals surface area contributed by atoms with E-state index in [9.17, 15) is 18.0 Å². The molecule has 0 spiro atoms. The summed E-state index contributed by atoms with van der Waals surface area (Å²) in [6.07, 6.45) is 0.618. The third-order valence-corrected chi connectivity index (χ3v) is 4.90. The van der Waals surface area contributed by atoms with Crippen molar-refractivity contribution in [3.63, 3.8) is 0 Å². The van der Waals surface area contributed by atoms with Crippen LogP contribution in [0.5, 0.6) is 0 Å². The fourth-order valence-electron chi connectivity index (χ4n) is 2.20. The molecule has 1 saturated heterocycles. The van der Waals surface area contributed by atoms with E-state index in [0.717, 1.165) is 0 Å². The van der Waals surface area contributed by atoms with Gasteiger partial charge in [-0.15, -0.1) is 0 Å². The molecule has 0 aromatic rings.